The fourth-order valence-corrected chi connectivity index (χ4v) is 9.28. The third kappa shape index (κ3) is 53.9. The van der Waals surface area contributed by atoms with E-state index >= 15 is 0 Å². The summed E-state index contributed by atoms with van der Waals surface area (Å²) < 4.78 is 34.6. The molecule has 0 aliphatic heterocycles. The van der Waals surface area contributed by atoms with E-state index in [9.17, 15) is 19.0 Å². The molecule has 67 heavy (non-hydrogen) atoms. The Morgan fingerprint density at radius 3 is 1.10 bits per heavy atom. The van der Waals surface area contributed by atoms with E-state index in [0.717, 1.165) is 32.1 Å². The SMILES string of the molecule is CCCCCCCCCC/C=C\CCCCCCCCCCCCCCCCCC(=O)OC(COC(=O)CCCCCCCCCCCCCCCCCC)COP(=O)(O)OCC[N+](C)(C)C. The summed E-state index contributed by atoms with van der Waals surface area (Å²) in [4.78, 5) is 35.6. The number of carbonyl (C=O) groups excluding carboxylic acids is 2. The van der Waals surface area contributed by atoms with Gasteiger partial charge in [-0.1, -0.05) is 251 Å². The molecular weight excluding hydrogens is 858 g/mol. The topological polar surface area (TPSA) is 108 Å². The summed E-state index contributed by atoms with van der Waals surface area (Å²) in [6.45, 7) is 4.49. The molecule has 0 radical (unpaired) electrons. The van der Waals surface area contributed by atoms with Crippen molar-refractivity contribution < 1.29 is 42.1 Å². The van der Waals surface area contributed by atoms with Gasteiger partial charge in [-0.15, -0.1) is 0 Å². The number of hydrogen-bond acceptors (Lipinski definition) is 7. The summed E-state index contributed by atoms with van der Waals surface area (Å²) in [5.41, 5.74) is 0. The Balaban J connectivity index is 4.08. The predicted molar refractivity (Wildman–Crippen MR) is 284 cm³/mol. The lowest BCUT2D eigenvalue weighted by Gasteiger charge is -2.24. The van der Waals surface area contributed by atoms with E-state index < -0.39 is 26.5 Å². The highest BCUT2D eigenvalue weighted by molar-refractivity contribution is 7.47. The number of carbonyl (C=O) groups is 2. The molecule has 9 nitrogen and oxygen atoms in total. The second-order valence-electron chi connectivity index (χ2n) is 21.0. The number of unbranched alkanes of at least 4 members (excludes halogenated alkanes) is 38. The van der Waals surface area contributed by atoms with Crippen LogP contribution >= 0.6 is 7.82 Å². The molecule has 0 bridgehead atoms. The monoisotopic (exact) mass is 971 g/mol. The zero-order chi connectivity index (χ0) is 49.2. The Kier molecular flexibility index (Phi) is 48.8. The van der Waals surface area contributed by atoms with Crippen molar-refractivity contribution >= 4 is 19.8 Å². The smallest absolute Gasteiger partial charge is 0.462 e. The maximum absolute atomic E-state index is 12.8. The largest absolute Gasteiger partial charge is 0.472 e. The van der Waals surface area contributed by atoms with Crippen molar-refractivity contribution in [2.75, 3.05) is 47.5 Å². The molecule has 10 heteroatoms. The summed E-state index contributed by atoms with van der Waals surface area (Å²) >= 11 is 0. The van der Waals surface area contributed by atoms with E-state index in [-0.39, 0.29) is 25.6 Å². The zero-order valence-electron chi connectivity index (χ0n) is 45.2. The van der Waals surface area contributed by atoms with Crippen LogP contribution in [0.4, 0.5) is 0 Å². The second kappa shape index (κ2) is 49.7. The normalized spacial score (nSPS) is 13.3. The summed E-state index contributed by atoms with van der Waals surface area (Å²) in [5.74, 6) is -0.778. The minimum absolute atomic E-state index is 0.0359. The third-order valence-corrected chi connectivity index (χ3v) is 14.0. The molecule has 0 aliphatic carbocycles. The first-order valence-electron chi connectivity index (χ1n) is 28.9. The van der Waals surface area contributed by atoms with Gasteiger partial charge in [0.1, 0.15) is 19.8 Å². The quantitative estimate of drug-likeness (QED) is 0.0211. The molecule has 398 valence electrons. The Morgan fingerprint density at radius 1 is 0.448 bits per heavy atom. The molecule has 0 rings (SSSR count). The first-order valence-corrected chi connectivity index (χ1v) is 30.4. The Bertz CT molecular complexity index is 1140. The van der Waals surface area contributed by atoms with Crippen LogP contribution < -0.4 is 0 Å². The van der Waals surface area contributed by atoms with Crippen LogP contribution in [0.2, 0.25) is 0 Å². The number of esters is 2. The lowest BCUT2D eigenvalue weighted by Crippen LogP contribution is -2.37. The summed E-state index contributed by atoms with van der Waals surface area (Å²) in [7, 11) is 1.50. The molecule has 0 saturated heterocycles. The minimum atomic E-state index is -4.38. The van der Waals surface area contributed by atoms with Crippen LogP contribution in [-0.2, 0) is 32.7 Å². The van der Waals surface area contributed by atoms with E-state index in [4.69, 9.17) is 18.5 Å². The van der Waals surface area contributed by atoms with E-state index in [0.29, 0.717) is 23.9 Å². The van der Waals surface area contributed by atoms with Gasteiger partial charge in [-0.25, -0.2) is 4.57 Å². The summed E-state index contributed by atoms with van der Waals surface area (Å²) in [5, 5.41) is 0. The van der Waals surface area contributed by atoms with Gasteiger partial charge in [-0.3, -0.25) is 18.6 Å². The molecular formula is C57H113NO8P+. The van der Waals surface area contributed by atoms with Gasteiger partial charge < -0.3 is 18.9 Å². The minimum Gasteiger partial charge on any atom is -0.462 e. The molecule has 0 fully saturated rings. The molecule has 0 heterocycles. The van der Waals surface area contributed by atoms with Gasteiger partial charge in [0.2, 0.25) is 0 Å². The standard InChI is InChI=1S/C57H112NO8P/c1-6-8-10-12-14-16-18-20-22-24-25-26-27-28-29-30-31-32-33-34-36-38-40-42-44-46-48-50-57(60)66-55(54-65-67(61,62)64-52-51-58(3,4)5)53-63-56(59)49-47-45-43-41-39-37-35-23-21-19-17-15-13-11-9-7-2/h24-25,55H,6-23,26-54H2,1-5H3/p+1/b25-24-. The number of likely N-dealkylation sites (N-methyl/N-ethyl adjacent to an activating group) is 1. The van der Waals surface area contributed by atoms with Crippen molar-refractivity contribution in [2.45, 2.75) is 296 Å². The molecule has 0 amide bonds. The van der Waals surface area contributed by atoms with Crippen LogP contribution in [0.15, 0.2) is 12.2 Å². The third-order valence-electron chi connectivity index (χ3n) is 13.0. The van der Waals surface area contributed by atoms with Gasteiger partial charge >= 0.3 is 19.8 Å². The van der Waals surface area contributed by atoms with E-state index in [1.807, 2.05) is 21.1 Å². The summed E-state index contributed by atoms with van der Waals surface area (Å²) in [6.07, 6.45) is 57.1. The predicted octanol–water partition coefficient (Wildman–Crippen LogP) is 17.7. The summed E-state index contributed by atoms with van der Waals surface area (Å²) in [6, 6.07) is 0. The highest BCUT2D eigenvalue weighted by Crippen LogP contribution is 2.43. The molecule has 0 saturated carbocycles. The lowest BCUT2D eigenvalue weighted by molar-refractivity contribution is -0.870. The Hall–Kier alpha value is -1.25. The fraction of sp³-hybridized carbons (Fsp3) is 0.930. The molecule has 2 atom stereocenters. The van der Waals surface area contributed by atoms with Crippen LogP contribution in [0.1, 0.15) is 290 Å². The molecule has 2 unspecified atom stereocenters. The van der Waals surface area contributed by atoms with Gasteiger partial charge in [0.05, 0.1) is 27.7 Å². The molecule has 0 aromatic carbocycles. The van der Waals surface area contributed by atoms with Crippen molar-refractivity contribution in [2.24, 2.45) is 0 Å². The number of rotatable bonds is 54. The van der Waals surface area contributed by atoms with Gasteiger partial charge in [0, 0.05) is 12.8 Å². The van der Waals surface area contributed by atoms with Crippen LogP contribution in [0.3, 0.4) is 0 Å². The van der Waals surface area contributed by atoms with Crippen LogP contribution in [0.5, 0.6) is 0 Å². The van der Waals surface area contributed by atoms with E-state index in [1.165, 1.54) is 225 Å². The number of phosphoric acid groups is 1. The molecule has 0 aliphatic rings. The van der Waals surface area contributed by atoms with Crippen molar-refractivity contribution in [3.05, 3.63) is 12.2 Å². The number of hydrogen-bond donors (Lipinski definition) is 1. The number of phosphoric ester groups is 1. The van der Waals surface area contributed by atoms with Gasteiger partial charge in [0.25, 0.3) is 0 Å². The average molecular weight is 972 g/mol. The first kappa shape index (κ1) is 65.8. The molecule has 0 spiro atoms. The van der Waals surface area contributed by atoms with Gasteiger partial charge in [-0.05, 0) is 38.5 Å². The maximum Gasteiger partial charge on any atom is 0.472 e. The number of nitrogens with zero attached hydrogens (tertiary/aromatic N) is 1. The van der Waals surface area contributed by atoms with Crippen molar-refractivity contribution in [1.29, 1.82) is 0 Å². The molecule has 0 aromatic rings. The van der Waals surface area contributed by atoms with Gasteiger partial charge in [-0.2, -0.15) is 0 Å². The average Bonchev–Trinajstić information content (AvgIpc) is 3.29. The van der Waals surface area contributed by atoms with Crippen molar-refractivity contribution in [1.82, 2.24) is 0 Å². The maximum atomic E-state index is 12.8. The van der Waals surface area contributed by atoms with Crippen LogP contribution in [0.25, 0.3) is 0 Å². The second-order valence-corrected chi connectivity index (χ2v) is 22.5. The highest BCUT2D eigenvalue weighted by Gasteiger charge is 2.27. The Morgan fingerprint density at radius 2 is 0.761 bits per heavy atom. The Labute approximate surface area is 416 Å². The van der Waals surface area contributed by atoms with Crippen LogP contribution in [-0.4, -0.2) is 74.9 Å². The molecule has 1 N–H and O–H groups in total. The fourth-order valence-electron chi connectivity index (χ4n) is 8.54. The van der Waals surface area contributed by atoms with Crippen molar-refractivity contribution in [3.8, 4) is 0 Å². The first-order chi connectivity index (χ1) is 32.5. The van der Waals surface area contributed by atoms with Crippen LogP contribution in [0, 0.1) is 0 Å². The van der Waals surface area contributed by atoms with Gasteiger partial charge in [0.15, 0.2) is 6.10 Å². The highest BCUT2D eigenvalue weighted by atomic mass is 31.2. The lowest BCUT2D eigenvalue weighted by atomic mass is 10.0. The molecule has 0 aromatic heterocycles. The van der Waals surface area contributed by atoms with E-state index in [1.54, 1.807) is 0 Å². The number of allylic oxidation sites excluding steroid dienone is 2. The van der Waals surface area contributed by atoms with Crippen molar-refractivity contribution in [3.63, 3.8) is 0 Å². The zero-order valence-corrected chi connectivity index (χ0v) is 46.1. The number of ether oxygens (including phenoxy) is 2. The van der Waals surface area contributed by atoms with E-state index in [2.05, 4.69) is 26.0 Å². The number of quaternary nitrogens is 1.